The Bertz CT molecular complexity index is 870. The molecule has 28 heavy (non-hydrogen) atoms. The fourth-order valence-corrected chi connectivity index (χ4v) is 3.01. The van der Waals surface area contributed by atoms with E-state index in [-0.39, 0.29) is 31.3 Å². The number of halogens is 1. The second-order valence-electron chi connectivity index (χ2n) is 6.45. The number of likely N-dealkylation sites (N-methyl/N-ethyl adjacent to an activating group) is 1. The van der Waals surface area contributed by atoms with Gasteiger partial charge in [-0.2, -0.15) is 0 Å². The highest BCUT2D eigenvalue weighted by atomic mass is 19.1. The summed E-state index contributed by atoms with van der Waals surface area (Å²) < 4.78 is 14.0. The van der Waals surface area contributed by atoms with Gasteiger partial charge in [-0.25, -0.2) is 4.39 Å². The van der Waals surface area contributed by atoms with Crippen molar-refractivity contribution in [2.75, 3.05) is 13.1 Å². The molecule has 0 fully saturated rings. The van der Waals surface area contributed by atoms with E-state index in [0.717, 1.165) is 5.56 Å². The van der Waals surface area contributed by atoms with Crippen LogP contribution in [0.25, 0.3) is 0 Å². The quantitative estimate of drug-likeness (QED) is 0.799. The lowest BCUT2D eigenvalue weighted by Gasteiger charge is -2.24. The number of rotatable bonds is 7. The van der Waals surface area contributed by atoms with E-state index in [2.05, 4.69) is 10.5 Å². The lowest BCUT2D eigenvalue weighted by Crippen LogP contribution is -2.44. The maximum Gasteiger partial charge on any atom is 0.267 e. The minimum absolute atomic E-state index is 0.0868. The van der Waals surface area contributed by atoms with Gasteiger partial charge in [-0.3, -0.25) is 9.59 Å². The van der Waals surface area contributed by atoms with Crippen LogP contribution in [0, 0.1) is 5.82 Å². The van der Waals surface area contributed by atoms with Crippen molar-refractivity contribution >= 4 is 17.5 Å². The van der Waals surface area contributed by atoms with Gasteiger partial charge in [0.05, 0.1) is 12.3 Å². The molecule has 2 aromatic carbocycles. The third kappa shape index (κ3) is 4.73. The van der Waals surface area contributed by atoms with Gasteiger partial charge in [0.15, 0.2) is 0 Å². The molecule has 2 aromatic rings. The SMILES string of the molecule is CCNC(=O)CN(Cc1ccccc1)C(=O)[C@H]1CC(c2ccccc2F)=NO1. The number of nitrogens with zero attached hydrogens (tertiary/aromatic N) is 2. The fraction of sp³-hybridized carbons (Fsp3) is 0.286. The zero-order valence-corrected chi connectivity index (χ0v) is 15.6. The molecule has 0 bridgehead atoms. The van der Waals surface area contributed by atoms with Crippen molar-refractivity contribution in [3.63, 3.8) is 0 Å². The summed E-state index contributed by atoms with van der Waals surface area (Å²) >= 11 is 0. The smallest absolute Gasteiger partial charge is 0.267 e. The second-order valence-corrected chi connectivity index (χ2v) is 6.45. The predicted molar refractivity (Wildman–Crippen MR) is 103 cm³/mol. The Morgan fingerprint density at radius 1 is 1.18 bits per heavy atom. The third-order valence-corrected chi connectivity index (χ3v) is 4.37. The Kier molecular flexibility index (Phi) is 6.37. The first-order valence-electron chi connectivity index (χ1n) is 9.15. The Hall–Kier alpha value is -3.22. The molecule has 6 nitrogen and oxygen atoms in total. The van der Waals surface area contributed by atoms with Crippen LogP contribution in [0.4, 0.5) is 4.39 Å². The number of carbonyl (C=O) groups is 2. The van der Waals surface area contributed by atoms with Crippen molar-refractivity contribution in [2.24, 2.45) is 5.16 Å². The van der Waals surface area contributed by atoms with Gasteiger partial charge in [-0.05, 0) is 18.6 Å². The molecule has 0 unspecified atom stereocenters. The summed E-state index contributed by atoms with van der Waals surface area (Å²) in [4.78, 5) is 31.8. The molecule has 7 heteroatoms. The van der Waals surface area contributed by atoms with E-state index in [1.807, 2.05) is 37.3 Å². The van der Waals surface area contributed by atoms with Crippen LogP contribution in [0.2, 0.25) is 0 Å². The molecule has 3 rings (SSSR count). The zero-order chi connectivity index (χ0) is 19.9. The number of hydrogen-bond acceptors (Lipinski definition) is 4. The first kappa shape index (κ1) is 19.5. The predicted octanol–water partition coefficient (Wildman–Crippen LogP) is 2.48. The van der Waals surface area contributed by atoms with E-state index in [1.54, 1.807) is 18.2 Å². The van der Waals surface area contributed by atoms with Crippen LogP contribution in [0.15, 0.2) is 59.8 Å². The van der Waals surface area contributed by atoms with E-state index in [9.17, 15) is 14.0 Å². The molecule has 1 N–H and O–H groups in total. The molecule has 0 spiro atoms. The van der Waals surface area contributed by atoms with Crippen molar-refractivity contribution < 1.29 is 18.8 Å². The van der Waals surface area contributed by atoms with Crippen molar-refractivity contribution in [1.82, 2.24) is 10.2 Å². The molecule has 0 aliphatic carbocycles. The topological polar surface area (TPSA) is 71.0 Å². The largest absolute Gasteiger partial charge is 0.382 e. The van der Waals surface area contributed by atoms with E-state index in [1.165, 1.54) is 11.0 Å². The molecule has 1 aliphatic rings. The summed E-state index contributed by atoms with van der Waals surface area (Å²) in [6, 6.07) is 15.6. The van der Waals surface area contributed by atoms with Gasteiger partial charge in [0.2, 0.25) is 12.0 Å². The summed E-state index contributed by atoms with van der Waals surface area (Å²) in [5, 5.41) is 6.60. The molecule has 0 aromatic heterocycles. The standard InChI is InChI=1S/C21H22FN3O3/c1-2-23-20(26)14-25(13-15-8-4-3-5-9-15)21(27)19-12-18(24-28-19)16-10-6-7-11-17(16)22/h3-11,19H,2,12-14H2,1H3,(H,23,26)/t19-/m1/s1. The second kappa shape index (κ2) is 9.12. The third-order valence-electron chi connectivity index (χ3n) is 4.37. The summed E-state index contributed by atoms with van der Waals surface area (Å²) in [5.74, 6) is -1.02. The lowest BCUT2D eigenvalue weighted by atomic mass is 10.0. The van der Waals surface area contributed by atoms with Gasteiger partial charge in [0.25, 0.3) is 5.91 Å². The number of nitrogens with one attached hydrogen (secondary N) is 1. The molecular formula is C21H22FN3O3. The van der Waals surface area contributed by atoms with E-state index in [4.69, 9.17) is 4.84 Å². The van der Waals surface area contributed by atoms with Gasteiger partial charge >= 0.3 is 0 Å². The first-order chi connectivity index (χ1) is 13.6. The molecule has 1 atom stereocenters. The molecule has 2 amide bonds. The Morgan fingerprint density at radius 2 is 1.89 bits per heavy atom. The molecular weight excluding hydrogens is 361 g/mol. The van der Waals surface area contributed by atoms with Crippen LogP contribution in [0.1, 0.15) is 24.5 Å². The summed E-state index contributed by atoms with van der Waals surface area (Å²) in [7, 11) is 0. The Morgan fingerprint density at radius 3 is 2.61 bits per heavy atom. The maximum absolute atomic E-state index is 14.0. The highest BCUT2D eigenvalue weighted by molar-refractivity contribution is 6.04. The van der Waals surface area contributed by atoms with Gasteiger partial charge in [-0.15, -0.1) is 0 Å². The molecule has 1 aliphatic heterocycles. The maximum atomic E-state index is 14.0. The highest BCUT2D eigenvalue weighted by Crippen LogP contribution is 2.21. The van der Waals surface area contributed by atoms with Crippen LogP contribution in [0.3, 0.4) is 0 Å². The number of benzene rings is 2. The first-order valence-corrected chi connectivity index (χ1v) is 9.15. The summed E-state index contributed by atoms with van der Waals surface area (Å²) in [6.45, 7) is 2.48. The van der Waals surface area contributed by atoms with Crippen LogP contribution in [0.5, 0.6) is 0 Å². The highest BCUT2D eigenvalue weighted by Gasteiger charge is 2.34. The van der Waals surface area contributed by atoms with Gasteiger partial charge in [0, 0.05) is 25.1 Å². The van der Waals surface area contributed by atoms with Crippen LogP contribution < -0.4 is 5.32 Å². The number of amides is 2. The number of hydrogen-bond donors (Lipinski definition) is 1. The fourth-order valence-electron chi connectivity index (χ4n) is 3.01. The minimum Gasteiger partial charge on any atom is -0.382 e. The van der Waals surface area contributed by atoms with E-state index >= 15 is 0 Å². The van der Waals surface area contributed by atoms with Crippen molar-refractivity contribution in [3.8, 4) is 0 Å². The molecule has 0 saturated carbocycles. The van der Waals surface area contributed by atoms with Gasteiger partial charge < -0.3 is 15.1 Å². The molecule has 0 saturated heterocycles. The Balaban J connectivity index is 1.72. The van der Waals surface area contributed by atoms with E-state index in [0.29, 0.717) is 17.8 Å². The van der Waals surface area contributed by atoms with Crippen molar-refractivity contribution in [2.45, 2.75) is 26.0 Å². The van der Waals surface area contributed by atoms with Crippen molar-refractivity contribution in [3.05, 3.63) is 71.5 Å². The van der Waals surface area contributed by atoms with Gasteiger partial charge in [0.1, 0.15) is 5.82 Å². The summed E-state index contributed by atoms with van der Waals surface area (Å²) in [5.41, 5.74) is 1.60. The molecule has 0 radical (unpaired) electrons. The van der Waals surface area contributed by atoms with Crippen LogP contribution >= 0.6 is 0 Å². The monoisotopic (exact) mass is 383 g/mol. The normalized spacial score (nSPS) is 15.5. The van der Waals surface area contributed by atoms with Gasteiger partial charge in [-0.1, -0.05) is 53.7 Å². The van der Waals surface area contributed by atoms with Crippen LogP contribution in [-0.2, 0) is 21.0 Å². The average molecular weight is 383 g/mol. The zero-order valence-electron chi connectivity index (χ0n) is 15.6. The minimum atomic E-state index is -0.882. The van der Waals surface area contributed by atoms with Crippen LogP contribution in [-0.4, -0.2) is 41.6 Å². The van der Waals surface area contributed by atoms with E-state index < -0.39 is 11.9 Å². The summed E-state index contributed by atoms with van der Waals surface area (Å²) in [6.07, 6.45) is -0.728. The Labute approximate surface area is 163 Å². The van der Waals surface area contributed by atoms with Crippen molar-refractivity contribution in [1.29, 1.82) is 0 Å². The number of oxime groups is 1. The average Bonchev–Trinajstić information content (AvgIpc) is 3.18. The molecule has 1 heterocycles. The number of carbonyl (C=O) groups excluding carboxylic acids is 2. The lowest BCUT2D eigenvalue weighted by molar-refractivity contribution is -0.145. The molecule has 146 valence electrons.